The van der Waals surface area contributed by atoms with Gasteiger partial charge in [0.2, 0.25) is 17.7 Å². The van der Waals surface area contributed by atoms with Gasteiger partial charge in [0, 0.05) is 13.1 Å². The van der Waals surface area contributed by atoms with E-state index in [-0.39, 0.29) is 37.8 Å². The molecule has 14 heteroatoms. The Kier molecular flexibility index (Phi) is 11.9. The Balaban J connectivity index is 2.97. The van der Waals surface area contributed by atoms with Crippen LogP contribution in [-0.4, -0.2) is 88.0 Å². The van der Waals surface area contributed by atoms with Gasteiger partial charge in [-0.3, -0.25) is 24.2 Å². The molecule has 0 radical (unpaired) electrons. The van der Waals surface area contributed by atoms with Crippen LogP contribution in [0.1, 0.15) is 52.4 Å². The summed E-state index contributed by atoms with van der Waals surface area (Å²) in [5, 5.41) is 23.4. The van der Waals surface area contributed by atoms with Gasteiger partial charge in [0.1, 0.15) is 18.1 Å². The molecule has 35 heavy (non-hydrogen) atoms. The molecule has 0 spiro atoms. The van der Waals surface area contributed by atoms with E-state index in [2.05, 4.69) is 15.6 Å². The zero-order valence-corrected chi connectivity index (χ0v) is 20.1. The predicted molar refractivity (Wildman–Crippen MR) is 126 cm³/mol. The number of carboxylic acid groups (broad SMARTS) is 2. The number of guanidine groups is 1. The van der Waals surface area contributed by atoms with E-state index in [1.165, 1.54) is 4.90 Å². The van der Waals surface area contributed by atoms with Crippen molar-refractivity contribution in [3.8, 4) is 0 Å². The van der Waals surface area contributed by atoms with E-state index >= 15 is 0 Å². The predicted octanol–water partition coefficient (Wildman–Crippen LogP) is -2.07. The van der Waals surface area contributed by atoms with Crippen LogP contribution in [0.5, 0.6) is 0 Å². The van der Waals surface area contributed by atoms with E-state index < -0.39 is 60.2 Å². The van der Waals surface area contributed by atoms with Gasteiger partial charge in [-0.2, -0.15) is 0 Å². The van der Waals surface area contributed by atoms with Crippen LogP contribution in [0, 0.1) is 5.92 Å². The summed E-state index contributed by atoms with van der Waals surface area (Å²) < 4.78 is 0. The van der Waals surface area contributed by atoms with Crippen molar-refractivity contribution in [1.82, 2.24) is 15.5 Å². The minimum Gasteiger partial charge on any atom is -0.481 e. The molecule has 0 saturated carbocycles. The summed E-state index contributed by atoms with van der Waals surface area (Å²) in [4.78, 5) is 66.1. The summed E-state index contributed by atoms with van der Waals surface area (Å²) in [6.07, 6.45) is 0.857. The summed E-state index contributed by atoms with van der Waals surface area (Å²) in [7, 11) is 0. The number of nitrogens with zero attached hydrogens (tertiary/aromatic N) is 2. The van der Waals surface area contributed by atoms with Crippen LogP contribution in [0.4, 0.5) is 0 Å². The molecule has 1 saturated heterocycles. The largest absolute Gasteiger partial charge is 0.481 e. The van der Waals surface area contributed by atoms with Crippen molar-refractivity contribution in [2.45, 2.75) is 76.5 Å². The van der Waals surface area contributed by atoms with E-state index in [1.807, 2.05) is 13.8 Å². The number of hydrogen-bond acceptors (Lipinski definition) is 7. The van der Waals surface area contributed by atoms with E-state index in [9.17, 15) is 29.1 Å². The van der Waals surface area contributed by atoms with Crippen LogP contribution in [0.2, 0.25) is 0 Å². The first-order chi connectivity index (χ1) is 16.3. The van der Waals surface area contributed by atoms with Crippen molar-refractivity contribution < 1.29 is 34.2 Å². The summed E-state index contributed by atoms with van der Waals surface area (Å²) >= 11 is 0. The van der Waals surface area contributed by atoms with Gasteiger partial charge in [-0.15, -0.1) is 0 Å². The lowest BCUT2D eigenvalue weighted by atomic mass is 10.0. The molecular formula is C21H37N7O7. The third-order valence-corrected chi connectivity index (χ3v) is 5.45. The third-order valence-electron chi connectivity index (χ3n) is 5.45. The zero-order valence-electron chi connectivity index (χ0n) is 20.1. The summed E-state index contributed by atoms with van der Waals surface area (Å²) in [6, 6.07) is -4.47. The lowest BCUT2D eigenvalue weighted by molar-refractivity contribution is -0.144. The van der Waals surface area contributed by atoms with Gasteiger partial charge in [0.05, 0.1) is 12.5 Å². The molecule has 1 aliphatic rings. The molecule has 0 aromatic heterocycles. The molecule has 1 heterocycles. The minimum atomic E-state index is -1.30. The second-order valence-corrected chi connectivity index (χ2v) is 8.93. The number of carbonyl (C=O) groups excluding carboxylic acids is 3. The number of aliphatic carboxylic acids is 2. The first-order valence-electron chi connectivity index (χ1n) is 11.5. The highest BCUT2D eigenvalue weighted by Gasteiger charge is 2.38. The maximum Gasteiger partial charge on any atom is 0.326 e. The smallest absolute Gasteiger partial charge is 0.326 e. The van der Waals surface area contributed by atoms with Crippen LogP contribution in [0.25, 0.3) is 0 Å². The summed E-state index contributed by atoms with van der Waals surface area (Å²) in [5.41, 5.74) is 16.3. The topological polar surface area (TPSA) is 244 Å². The van der Waals surface area contributed by atoms with Crippen LogP contribution in [0.15, 0.2) is 4.99 Å². The highest BCUT2D eigenvalue weighted by Crippen LogP contribution is 2.19. The molecule has 3 amide bonds. The summed E-state index contributed by atoms with van der Waals surface area (Å²) in [6.45, 7) is 4.05. The van der Waals surface area contributed by atoms with Crippen molar-refractivity contribution in [2.75, 3.05) is 13.1 Å². The molecule has 4 atom stereocenters. The zero-order chi connectivity index (χ0) is 26.7. The maximum atomic E-state index is 13.0. The van der Waals surface area contributed by atoms with E-state index in [1.54, 1.807) is 0 Å². The third kappa shape index (κ3) is 10.2. The van der Waals surface area contributed by atoms with Gasteiger partial charge in [-0.1, -0.05) is 13.8 Å². The number of rotatable bonds is 14. The minimum absolute atomic E-state index is 0.000576. The van der Waals surface area contributed by atoms with Crippen molar-refractivity contribution in [1.29, 1.82) is 0 Å². The van der Waals surface area contributed by atoms with Gasteiger partial charge >= 0.3 is 11.9 Å². The number of carbonyl (C=O) groups is 5. The number of hydrogen-bond donors (Lipinski definition) is 7. The monoisotopic (exact) mass is 499 g/mol. The fraction of sp³-hybridized carbons (Fsp3) is 0.714. The van der Waals surface area contributed by atoms with E-state index in [0.29, 0.717) is 19.3 Å². The number of nitrogens with two attached hydrogens (primary N) is 3. The van der Waals surface area contributed by atoms with Crippen LogP contribution < -0.4 is 27.8 Å². The molecular weight excluding hydrogens is 462 g/mol. The Labute approximate surface area is 203 Å². The Bertz CT molecular complexity index is 814. The molecule has 1 fully saturated rings. The Morgan fingerprint density at radius 3 is 2.29 bits per heavy atom. The number of likely N-dealkylation sites (tertiary alicyclic amines) is 1. The van der Waals surface area contributed by atoms with E-state index in [0.717, 1.165) is 0 Å². The lowest BCUT2D eigenvalue weighted by Gasteiger charge is -2.28. The molecule has 0 aromatic carbocycles. The van der Waals surface area contributed by atoms with Crippen molar-refractivity contribution in [3.63, 3.8) is 0 Å². The Morgan fingerprint density at radius 2 is 1.74 bits per heavy atom. The normalized spacial score (nSPS) is 17.8. The molecule has 0 aliphatic carbocycles. The van der Waals surface area contributed by atoms with Gasteiger partial charge in [0.15, 0.2) is 5.96 Å². The van der Waals surface area contributed by atoms with Gasteiger partial charge < -0.3 is 42.9 Å². The maximum absolute atomic E-state index is 13.0. The number of amides is 3. The fourth-order valence-electron chi connectivity index (χ4n) is 3.80. The van der Waals surface area contributed by atoms with E-state index in [4.69, 9.17) is 22.3 Å². The highest BCUT2D eigenvalue weighted by atomic mass is 16.4. The second kappa shape index (κ2) is 14.1. The van der Waals surface area contributed by atoms with Gasteiger partial charge in [-0.25, -0.2) is 4.79 Å². The fourth-order valence-corrected chi connectivity index (χ4v) is 3.80. The first-order valence-corrected chi connectivity index (χ1v) is 11.5. The average Bonchev–Trinajstić information content (AvgIpc) is 3.23. The Hall–Kier alpha value is -3.42. The molecule has 4 unspecified atom stereocenters. The Morgan fingerprint density at radius 1 is 1.09 bits per heavy atom. The molecule has 14 nitrogen and oxygen atoms in total. The first kappa shape index (κ1) is 29.6. The molecule has 1 rings (SSSR count). The van der Waals surface area contributed by atoms with Crippen LogP contribution in [-0.2, 0) is 24.0 Å². The molecule has 1 aliphatic heterocycles. The molecule has 10 N–H and O–H groups in total. The molecule has 0 aromatic rings. The average molecular weight is 500 g/mol. The van der Waals surface area contributed by atoms with Gasteiger partial charge in [0.25, 0.3) is 0 Å². The number of aliphatic imine (C=N–C) groups is 1. The molecule has 198 valence electrons. The number of carboxylic acids is 2. The highest BCUT2D eigenvalue weighted by molar-refractivity contribution is 5.95. The van der Waals surface area contributed by atoms with Gasteiger partial charge in [-0.05, 0) is 38.0 Å². The number of nitrogens with one attached hydrogen (secondary N) is 2. The lowest BCUT2D eigenvalue weighted by Crippen LogP contribution is -2.56. The molecule has 0 bridgehead atoms. The quantitative estimate of drug-likeness (QED) is 0.0781. The standard InChI is InChI=1S/C21H37N7O7/c1-11(2)9-14(20(34)35)27-17(31)13(5-3-7-25-21(23)24)26-18(32)15-6-4-8-28(15)19(33)12(22)10-16(29)30/h11-15H,3-10,22H2,1-2H3,(H,26,32)(H,27,31)(H,29,30)(H,34,35)(H4,23,24,25). The van der Waals surface area contributed by atoms with Crippen molar-refractivity contribution in [3.05, 3.63) is 0 Å². The van der Waals surface area contributed by atoms with Crippen LogP contribution in [0.3, 0.4) is 0 Å². The second-order valence-electron chi connectivity index (χ2n) is 8.93. The van der Waals surface area contributed by atoms with Crippen molar-refractivity contribution >= 4 is 35.6 Å². The summed E-state index contributed by atoms with van der Waals surface area (Å²) in [5.74, 6) is -4.53. The van der Waals surface area contributed by atoms with Crippen LogP contribution >= 0.6 is 0 Å². The SMILES string of the molecule is CC(C)CC(NC(=O)C(CCCN=C(N)N)NC(=O)C1CCCN1C(=O)C(N)CC(=O)O)C(=O)O. The van der Waals surface area contributed by atoms with Crippen molar-refractivity contribution in [2.24, 2.45) is 28.1 Å².